The fourth-order valence-corrected chi connectivity index (χ4v) is 3.27. The van der Waals surface area contributed by atoms with Gasteiger partial charge in [-0.3, -0.25) is 0 Å². The van der Waals surface area contributed by atoms with E-state index in [4.69, 9.17) is 0 Å². The maximum atomic E-state index is 13.5. The van der Waals surface area contributed by atoms with Gasteiger partial charge in [0.15, 0.2) is 0 Å². The summed E-state index contributed by atoms with van der Waals surface area (Å²) in [6, 6.07) is 9.53. The summed E-state index contributed by atoms with van der Waals surface area (Å²) < 4.78 is 14.6. The van der Waals surface area contributed by atoms with Crippen LogP contribution < -0.4 is 5.32 Å². The molecule has 1 nitrogen and oxygen atoms in total. The third-order valence-corrected chi connectivity index (χ3v) is 4.17. The fraction of sp³-hybridized carbons (Fsp3) is 0.294. The number of benzene rings is 2. The molecular formula is C17H19BrFN. The van der Waals surface area contributed by atoms with Crippen molar-refractivity contribution in [3.8, 4) is 0 Å². The number of aryl methyl sites for hydroxylation is 3. The van der Waals surface area contributed by atoms with Crippen LogP contribution >= 0.6 is 15.9 Å². The predicted octanol–water partition coefficient (Wildman–Crippen LogP) is 4.82. The maximum Gasteiger partial charge on any atom is 0.123 e. The lowest BCUT2D eigenvalue weighted by molar-refractivity contribution is 0.618. The highest BCUT2D eigenvalue weighted by atomic mass is 79.9. The summed E-state index contributed by atoms with van der Waals surface area (Å²) in [5, 5.41) is 3.36. The normalized spacial score (nSPS) is 12.5. The Balaban J connectivity index is 2.58. The van der Waals surface area contributed by atoms with Gasteiger partial charge in [0.1, 0.15) is 5.82 Å². The molecule has 2 rings (SSSR count). The molecule has 0 bridgehead atoms. The molecule has 0 fully saturated rings. The van der Waals surface area contributed by atoms with Crippen molar-refractivity contribution in [2.24, 2.45) is 0 Å². The third-order valence-electron chi connectivity index (χ3n) is 3.68. The van der Waals surface area contributed by atoms with Gasteiger partial charge in [-0.1, -0.05) is 22.0 Å². The maximum absolute atomic E-state index is 13.5. The van der Waals surface area contributed by atoms with Gasteiger partial charge in [0, 0.05) is 4.47 Å². The number of hydrogen-bond donors (Lipinski definition) is 1. The number of hydrogen-bond acceptors (Lipinski definition) is 1. The van der Waals surface area contributed by atoms with Crippen LogP contribution in [-0.2, 0) is 0 Å². The van der Waals surface area contributed by atoms with E-state index in [0.717, 1.165) is 21.2 Å². The Morgan fingerprint density at radius 3 is 2.10 bits per heavy atom. The molecule has 0 amide bonds. The molecule has 2 aromatic carbocycles. The molecule has 1 atom stereocenters. The van der Waals surface area contributed by atoms with Gasteiger partial charge in [0.25, 0.3) is 0 Å². The van der Waals surface area contributed by atoms with Crippen LogP contribution in [0.1, 0.15) is 33.9 Å². The SMILES string of the molecule is CNC(c1ccc(Br)cc1C)c1c(C)cc(F)cc1C. The Kier molecular flexibility index (Phi) is 4.61. The molecule has 106 valence electrons. The zero-order valence-corrected chi connectivity index (χ0v) is 13.8. The van der Waals surface area contributed by atoms with Crippen LogP contribution in [-0.4, -0.2) is 7.05 Å². The van der Waals surface area contributed by atoms with Crippen molar-refractivity contribution >= 4 is 15.9 Å². The van der Waals surface area contributed by atoms with Crippen molar-refractivity contribution in [2.75, 3.05) is 7.05 Å². The first kappa shape index (κ1) is 15.2. The minimum atomic E-state index is -0.175. The molecule has 0 spiro atoms. The predicted molar refractivity (Wildman–Crippen MR) is 85.7 cm³/mol. The molecule has 0 saturated heterocycles. The van der Waals surface area contributed by atoms with Gasteiger partial charge in [-0.15, -0.1) is 0 Å². The molecular weight excluding hydrogens is 317 g/mol. The van der Waals surface area contributed by atoms with Crippen LogP contribution in [0.25, 0.3) is 0 Å². The summed E-state index contributed by atoms with van der Waals surface area (Å²) in [7, 11) is 1.94. The Morgan fingerprint density at radius 1 is 1.00 bits per heavy atom. The van der Waals surface area contributed by atoms with Gasteiger partial charge in [-0.25, -0.2) is 4.39 Å². The van der Waals surface area contributed by atoms with Crippen molar-refractivity contribution in [1.82, 2.24) is 5.32 Å². The zero-order valence-electron chi connectivity index (χ0n) is 12.2. The topological polar surface area (TPSA) is 12.0 Å². The monoisotopic (exact) mass is 335 g/mol. The summed E-state index contributed by atoms with van der Waals surface area (Å²) in [4.78, 5) is 0. The van der Waals surface area contributed by atoms with Gasteiger partial charge in [0.05, 0.1) is 6.04 Å². The summed E-state index contributed by atoms with van der Waals surface area (Å²) in [5.41, 5.74) is 5.53. The Morgan fingerprint density at radius 2 is 1.60 bits per heavy atom. The summed E-state index contributed by atoms with van der Waals surface area (Å²) in [5.74, 6) is -0.175. The summed E-state index contributed by atoms with van der Waals surface area (Å²) in [6.07, 6.45) is 0. The highest BCUT2D eigenvalue weighted by Gasteiger charge is 2.19. The first-order valence-corrected chi connectivity index (χ1v) is 7.43. The molecule has 0 aliphatic heterocycles. The zero-order chi connectivity index (χ0) is 14.9. The molecule has 3 heteroatoms. The Bertz CT molecular complexity index is 614. The number of halogens is 2. The highest BCUT2D eigenvalue weighted by molar-refractivity contribution is 9.10. The van der Waals surface area contributed by atoms with E-state index in [1.165, 1.54) is 11.1 Å². The number of rotatable bonds is 3. The van der Waals surface area contributed by atoms with Gasteiger partial charge >= 0.3 is 0 Å². The van der Waals surface area contributed by atoms with Crippen LogP contribution in [0.2, 0.25) is 0 Å². The lowest BCUT2D eigenvalue weighted by atomic mass is 9.89. The quantitative estimate of drug-likeness (QED) is 0.847. The van der Waals surface area contributed by atoms with Crippen molar-refractivity contribution in [1.29, 1.82) is 0 Å². The first-order chi connectivity index (χ1) is 9.43. The highest BCUT2D eigenvalue weighted by Crippen LogP contribution is 2.31. The third kappa shape index (κ3) is 2.94. The van der Waals surface area contributed by atoms with E-state index >= 15 is 0 Å². The minimum absolute atomic E-state index is 0.0729. The average Bonchev–Trinajstić information content (AvgIpc) is 2.34. The van der Waals surface area contributed by atoms with Crippen LogP contribution in [0.4, 0.5) is 4.39 Å². The van der Waals surface area contributed by atoms with E-state index in [9.17, 15) is 4.39 Å². The van der Waals surface area contributed by atoms with Gasteiger partial charge in [-0.2, -0.15) is 0 Å². The molecule has 0 aliphatic rings. The van der Waals surface area contributed by atoms with Crippen LogP contribution in [0.3, 0.4) is 0 Å². The van der Waals surface area contributed by atoms with E-state index in [2.05, 4.69) is 40.3 Å². The molecule has 1 unspecified atom stereocenters. The first-order valence-electron chi connectivity index (χ1n) is 6.64. The second kappa shape index (κ2) is 6.06. The van der Waals surface area contributed by atoms with E-state index < -0.39 is 0 Å². The lowest BCUT2D eigenvalue weighted by Crippen LogP contribution is -2.21. The fourth-order valence-electron chi connectivity index (χ4n) is 2.80. The molecule has 2 aromatic rings. The van der Waals surface area contributed by atoms with Crippen LogP contribution in [0, 0.1) is 26.6 Å². The summed E-state index contributed by atoms with van der Waals surface area (Å²) in [6.45, 7) is 6.02. The van der Waals surface area contributed by atoms with E-state index in [-0.39, 0.29) is 11.9 Å². The van der Waals surface area contributed by atoms with Crippen LogP contribution in [0.5, 0.6) is 0 Å². The largest absolute Gasteiger partial charge is 0.309 e. The second-order valence-corrected chi connectivity index (χ2v) is 6.09. The smallest absolute Gasteiger partial charge is 0.123 e. The molecule has 0 saturated carbocycles. The van der Waals surface area contributed by atoms with E-state index in [1.54, 1.807) is 12.1 Å². The van der Waals surface area contributed by atoms with E-state index in [1.807, 2.05) is 27.0 Å². The molecule has 0 aromatic heterocycles. The van der Waals surface area contributed by atoms with Crippen molar-refractivity contribution < 1.29 is 4.39 Å². The van der Waals surface area contributed by atoms with Gasteiger partial charge in [0.2, 0.25) is 0 Å². The molecule has 0 aliphatic carbocycles. The van der Waals surface area contributed by atoms with Crippen molar-refractivity contribution in [2.45, 2.75) is 26.8 Å². The van der Waals surface area contributed by atoms with Gasteiger partial charge in [-0.05, 0) is 79.9 Å². The molecule has 0 radical (unpaired) electrons. The Labute approximate surface area is 128 Å². The second-order valence-electron chi connectivity index (χ2n) is 5.18. The molecule has 1 N–H and O–H groups in total. The van der Waals surface area contributed by atoms with Crippen molar-refractivity contribution in [3.05, 3.63) is 68.4 Å². The average molecular weight is 336 g/mol. The van der Waals surface area contributed by atoms with Crippen LogP contribution in [0.15, 0.2) is 34.8 Å². The standard InChI is InChI=1S/C17H19BrFN/c1-10-7-13(18)5-6-15(10)17(20-4)16-11(2)8-14(19)9-12(16)3/h5-9,17,20H,1-4H3. The van der Waals surface area contributed by atoms with Crippen molar-refractivity contribution in [3.63, 3.8) is 0 Å². The number of nitrogens with one attached hydrogen (secondary N) is 1. The van der Waals surface area contributed by atoms with E-state index in [0.29, 0.717) is 0 Å². The molecule has 20 heavy (non-hydrogen) atoms. The summed E-state index contributed by atoms with van der Waals surface area (Å²) >= 11 is 3.49. The molecule has 0 heterocycles. The van der Waals surface area contributed by atoms with Gasteiger partial charge < -0.3 is 5.32 Å². The Hall–Kier alpha value is -1.19. The lowest BCUT2D eigenvalue weighted by Gasteiger charge is -2.23. The minimum Gasteiger partial charge on any atom is -0.309 e.